The molecule has 0 aromatic heterocycles. The van der Waals surface area contributed by atoms with Crippen LogP contribution >= 0.6 is 11.6 Å². The Hall–Kier alpha value is -4.05. The summed E-state index contributed by atoms with van der Waals surface area (Å²) in [6.07, 6.45) is -0.884. The van der Waals surface area contributed by atoms with E-state index in [-0.39, 0.29) is 50.2 Å². The molecule has 0 spiro atoms. The van der Waals surface area contributed by atoms with Crippen molar-refractivity contribution in [3.8, 4) is 11.1 Å². The summed E-state index contributed by atoms with van der Waals surface area (Å²) < 4.78 is 0. The van der Waals surface area contributed by atoms with Crippen LogP contribution in [-0.2, 0) is 16.1 Å². The number of rotatable bonds is 5. The van der Waals surface area contributed by atoms with Crippen LogP contribution in [0, 0.1) is 0 Å². The average molecular weight is 560 g/mol. The zero-order chi connectivity index (χ0) is 28.2. The van der Waals surface area contributed by atoms with Crippen molar-refractivity contribution in [2.75, 3.05) is 13.1 Å². The van der Waals surface area contributed by atoms with E-state index in [0.717, 1.165) is 11.1 Å². The van der Waals surface area contributed by atoms with Gasteiger partial charge in [-0.05, 0) is 52.9 Å². The highest BCUT2D eigenvalue weighted by molar-refractivity contribution is 6.30. The fourth-order valence-electron chi connectivity index (χ4n) is 5.73. The van der Waals surface area contributed by atoms with Crippen LogP contribution in [0.4, 0.5) is 0 Å². The van der Waals surface area contributed by atoms with E-state index in [4.69, 9.17) is 11.6 Å². The molecule has 2 saturated heterocycles. The molecule has 10 heteroatoms. The number of aliphatic hydroxyl groups is 2. The van der Waals surface area contributed by atoms with Gasteiger partial charge in [-0.2, -0.15) is 0 Å². The van der Waals surface area contributed by atoms with Crippen LogP contribution < -0.4 is 5.32 Å². The molecular weight excluding hydrogens is 534 g/mol. The molecule has 3 heterocycles. The number of benzene rings is 3. The zero-order valence-electron chi connectivity index (χ0n) is 21.3. The standard InChI is InChI=1S/C30H26ClN3O6/c31-20-8-5-17(6-9-20)21-3-1-2-4-23(21)28(38)33-15-30(40,16-33)26(36)18-7-10-22-19(13-18)14-34(29(22)39)24-11-12-25(35)32-27(24)37/h1-10,13,24,26,36,40H,11-12,14-16H2,(H,32,35,37). The molecule has 3 aliphatic rings. The minimum Gasteiger partial charge on any atom is -0.385 e. The summed E-state index contributed by atoms with van der Waals surface area (Å²) in [5.41, 5.74) is 1.94. The number of nitrogens with one attached hydrogen (secondary N) is 1. The largest absolute Gasteiger partial charge is 0.385 e. The molecule has 3 aromatic carbocycles. The normalized spacial score (nSPS) is 20.6. The molecule has 4 amide bonds. The summed E-state index contributed by atoms with van der Waals surface area (Å²) in [7, 11) is 0. The molecule has 3 aliphatic heterocycles. The predicted octanol–water partition coefficient (Wildman–Crippen LogP) is 2.69. The van der Waals surface area contributed by atoms with Gasteiger partial charge in [-0.1, -0.05) is 54.1 Å². The van der Waals surface area contributed by atoms with Crippen molar-refractivity contribution in [2.24, 2.45) is 0 Å². The summed E-state index contributed by atoms with van der Waals surface area (Å²) in [6, 6.07) is 18.5. The van der Waals surface area contributed by atoms with Crippen molar-refractivity contribution in [1.29, 1.82) is 0 Å². The minimum atomic E-state index is -1.56. The van der Waals surface area contributed by atoms with Gasteiger partial charge in [0.05, 0.1) is 13.1 Å². The minimum absolute atomic E-state index is 0.0691. The van der Waals surface area contributed by atoms with Gasteiger partial charge in [0.25, 0.3) is 11.8 Å². The third-order valence-electron chi connectivity index (χ3n) is 7.90. The molecule has 40 heavy (non-hydrogen) atoms. The predicted molar refractivity (Wildman–Crippen MR) is 145 cm³/mol. The molecule has 3 N–H and O–H groups in total. The Morgan fingerprint density at radius 2 is 1.73 bits per heavy atom. The Morgan fingerprint density at radius 3 is 2.45 bits per heavy atom. The van der Waals surface area contributed by atoms with E-state index < -0.39 is 23.7 Å². The number of imide groups is 1. The number of likely N-dealkylation sites (tertiary alicyclic amines) is 1. The number of β-amino-alcohol motifs (C(OH)–C–C–N with tert-alkyl or cyclic N) is 1. The molecule has 6 rings (SSSR count). The lowest BCUT2D eigenvalue weighted by molar-refractivity contribution is -0.153. The number of halogens is 1. The van der Waals surface area contributed by atoms with E-state index in [9.17, 15) is 29.4 Å². The van der Waals surface area contributed by atoms with E-state index in [0.29, 0.717) is 27.3 Å². The topological polar surface area (TPSA) is 127 Å². The van der Waals surface area contributed by atoms with Gasteiger partial charge in [0.15, 0.2) is 0 Å². The van der Waals surface area contributed by atoms with Gasteiger partial charge < -0.3 is 20.0 Å². The second-order valence-corrected chi connectivity index (χ2v) is 11.0. The van der Waals surface area contributed by atoms with Crippen molar-refractivity contribution in [2.45, 2.75) is 37.1 Å². The SMILES string of the molecule is O=C1CCC(N2Cc3cc(C(O)C4(O)CN(C(=O)c5ccccc5-c5ccc(Cl)cc5)C4)ccc3C2=O)C(=O)N1. The maximum absolute atomic E-state index is 13.4. The third-order valence-corrected chi connectivity index (χ3v) is 8.15. The second kappa shape index (κ2) is 9.85. The molecule has 3 aromatic rings. The van der Waals surface area contributed by atoms with E-state index in [2.05, 4.69) is 5.32 Å². The van der Waals surface area contributed by atoms with Crippen molar-refractivity contribution < 1.29 is 29.4 Å². The molecule has 0 aliphatic carbocycles. The van der Waals surface area contributed by atoms with Gasteiger partial charge in [-0.15, -0.1) is 0 Å². The number of aliphatic hydroxyl groups excluding tert-OH is 1. The average Bonchev–Trinajstić information content (AvgIpc) is 3.26. The highest BCUT2D eigenvalue weighted by atomic mass is 35.5. The van der Waals surface area contributed by atoms with E-state index in [1.54, 1.807) is 42.5 Å². The van der Waals surface area contributed by atoms with E-state index in [1.165, 1.54) is 9.80 Å². The molecule has 2 fully saturated rings. The maximum atomic E-state index is 13.4. The quantitative estimate of drug-likeness (QED) is 0.413. The van der Waals surface area contributed by atoms with Crippen LogP contribution in [0.15, 0.2) is 66.7 Å². The second-order valence-electron chi connectivity index (χ2n) is 10.5. The first-order valence-corrected chi connectivity index (χ1v) is 13.3. The number of hydrogen-bond donors (Lipinski definition) is 3. The molecule has 2 unspecified atom stereocenters. The number of piperidine rings is 1. The van der Waals surface area contributed by atoms with Crippen molar-refractivity contribution >= 4 is 35.2 Å². The third kappa shape index (κ3) is 4.46. The highest BCUT2D eigenvalue weighted by Gasteiger charge is 2.50. The van der Waals surface area contributed by atoms with Crippen molar-refractivity contribution in [1.82, 2.24) is 15.1 Å². The first kappa shape index (κ1) is 26.2. The lowest BCUT2D eigenvalue weighted by atomic mass is 9.82. The Bertz CT molecular complexity index is 1550. The van der Waals surface area contributed by atoms with Crippen molar-refractivity contribution in [3.63, 3.8) is 0 Å². The molecule has 9 nitrogen and oxygen atoms in total. The highest BCUT2D eigenvalue weighted by Crippen LogP contribution is 2.38. The van der Waals surface area contributed by atoms with Crippen molar-refractivity contribution in [3.05, 3.63) is 94.0 Å². The number of carbonyl (C=O) groups excluding carboxylic acids is 4. The van der Waals surface area contributed by atoms with Crippen LogP contribution in [0.1, 0.15) is 50.8 Å². The van der Waals surface area contributed by atoms with Crippen LogP contribution in [-0.4, -0.2) is 68.4 Å². The fourth-order valence-corrected chi connectivity index (χ4v) is 5.85. The lowest BCUT2D eigenvalue weighted by Crippen LogP contribution is -2.66. The molecule has 0 bridgehead atoms. The van der Waals surface area contributed by atoms with E-state index in [1.807, 2.05) is 24.3 Å². The zero-order valence-corrected chi connectivity index (χ0v) is 22.1. The monoisotopic (exact) mass is 559 g/mol. The summed E-state index contributed by atoms with van der Waals surface area (Å²) >= 11 is 6.01. The van der Waals surface area contributed by atoms with Crippen LogP contribution in [0.3, 0.4) is 0 Å². The molecular formula is C30H26ClN3O6. The Kier molecular flexibility index (Phi) is 6.45. The number of carbonyl (C=O) groups is 4. The van der Waals surface area contributed by atoms with Gasteiger partial charge in [0, 0.05) is 29.1 Å². The first-order valence-electron chi connectivity index (χ1n) is 13.0. The Balaban J connectivity index is 1.16. The Labute approximate surface area is 235 Å². The fraction of sp³-hybridized carbons (Fsp3) is 0.267. The Morgan fingerprint density at radius 1 is 1.00 bits per heavy atom. The van der Waals surface area contributed by atoms with Crippen LogP contribution in [0.5, 0.6) is 0 Å². The van der Waals surface area contributed by atoms with Gasteiger partial charge in [0.2, 0.25) is 11.8 Å². The number of amides is 4. The summed E-state index contributed by atoms with van der Waals surface area (Å²) in [5.74, 6) is -1.43. The number of hydrogen-bond acceptors (Lipinski definition) is 6. The molecule has 0 saturated carbocycles. The first-order chi connectivity index (χ1) is 19.1. The van der Waals surface area contributed by atoms with Gasteiger partial charge in [-0.3, -0.25) is 24.5 Å². The maximum Gasteiger partial charge on any atom is 0.255 e. The van der Waals surface area contributed by atoms with Crippen LogP contribution in [0.2, 0.25) is 5.02 Å². The summed E-state index contributed by atoms with van der Waals surface area (Å²) in [4.78, 5) is 53.1. The lowest BCUT2D eigenvalue weighted by Gasteiger charge is -2.49. The molecule has 0 radical (unpaired) electrons. The van der Waals surface area contributed by atoms with Gasteiger partial charge in [-0.25, -0.2) is 0 Å². The number of fused-ring (bicyclic) bond motifs is 1. The summed E-state index contributed by atoms with van der Waals surface area (Å²) in [5, 5.41) is 25.2. The van der Waals surface area contributed by atoms with Crippen LogP contribution in [0.25, 0.3) is 11.1 Å². The van der Waals surface area contributed by atoms with Gasteiger partial charge >= 0.3 is 0 Å². The van der Waals surface area contributed by atoms with Gasteiger partial charge in [0.1, 0.15) is 17.7 Å². The molecule has 204 valence electrons. The molecule has 2 atom stereocenters. The number of nitrogens with zero attached hydrogens (tertiary/aromatic N) is 2. The van der Waals surface area contributed by atoms with E-state index >= 15 is 0 Å². The smallest absolute Gasteiger partial charge is 0.255 e. The summed E-state index contributed by atoms with van der Waals surface area (Å²) in [6.45, 7) is 0.0201.